The van der Waals surface area contributed by atoms with Crippen molar-refractivity contribution in [2.24, 2.45) is 0 Å². The fourth-order valence-corrected chi connectivity index (χ4v) is 11.7. The van der Waals surface area contributed by atoms with Gasteiger partial charge in [-0.2, -0.15) is 0 Å². The van der Waals surface area contributed by atoms with E-state index in [0.29, 0.717) is 0 Å². The van der Waals surface area contributed by atoms with Crippen molar-refractivity contribution in [2.75, 3.05) is 9.80 Å². The lowest BCUT2D eigenvalue weighted by atomic mass is 9.88. The summed E-state index contributed by atoms with van der Waals surface area (Å²) in [6.07, 6.45) is 0. The molecule has 1 aromatic heterocycles. The van der Waals surface area contributed by atoms with Gasteiger partial charge in [-0.05, 0) is 175 Å². The minimum atomic E-state index is 0.871. The normalized spacial score (nSPS) is 11.8. The number of fused-ring (bicyclic) bond motifs is 8. The molecule has 0 amide bonds. The lowest BCUT2D eigenvalue weighted by Crippen LogP contribution is -2.14. The van der Waals surface area contributed by atoms with Gasteiger partial charge in [0.2, 0.25) is 0 Å². The number of anilines is 6. The summed E-state index contributed by atoms with van der Waals surface area (Å²) in [6.45, 7) is 17.9. The minimum Gasteiger partial charge on any atom is -0.456 e. The highest BCUT2D eigenvalue weighted by Crippen LogP contribution is 2.50. The molecule has 0 aliphatic carbocycles. The molecule has 0 spiro atoms. The van der Waals surface area contributed by atoms with Gasteiger partial charge in [0.15, 0.2) is 0 Å². The Kier molecular flexibility index (Phi) is 9.97. The fraction of sp³-hybridized carbons (Fsp3) is 0.121. The Morgan fingerprint density at radius 3 is 1.30 bits per heavy atom. The molecule has 0 aliphatic heterocycles. The Bertz CT molecular complexity index is 4030. The van der Waals surface area contributed by atoms with Crippen molar-refractivity contribution in [1.82, 2.24) is 0 Å². The van der Waals surface area contributed by atoms with E-state index in [0.717, 1.165) is 39.0 Å². The maximum atomic E-state index is 7.04. The maximum Gasteiger partial charge on any atom is 0.138 e. The van der Waals surface area contributed by atoms with Crippen molar-refractivity contribution < 1.29 is 4.42 Å². The van der Waals surface area contributed by atoms with Gasteiger partial charge in [0.05, 0.1) is 22.7 Å². The largest absolute Gasteiger partial charge is 0.456 e. The first kappa shape index (κ1) is 42.2. The van der Waals surface area contributed by atoms with E-state index in [9.17, 15) is 0 Å². The van der Waals surface area contributed by atoms with Gasteiger partial charge in [-0.25, -0.2) is 0 Å². The van der Waals surface area contributed by atoms with E-state index < -0.39 is 0 Å². The Labute approximate surface area is 404 Å². The maximum absolute atomic E-state index is 7.04. The van der Waals surface area contributed by atoms with Crippen molar-refractivity contribution in [3.8, 4) is 11.1 Å². The minimum absolute atomic E-state index is 0.871. The molecule has 1 heterocycles. The Morgan fingerprint density at radius 1 is 0.319 bits per heavy atom. The van der Waals surface area contributed by atoms with Crippen LogP contribution in [0, 0.1) is 55.4 Å². The van der Waals surface area contributed by atoms with E-state index in [-0.39, 0.29) is 0 Å². The molecule has 0 N–H and O–H groups in total. The summed E-state index contributed by atoms with van der Waals surface area (Å²) in [6, 6.07) is 67.4. The number of rotatable bonds is 7. The highest BCUT2D eigenvalue weighted by atomic mass is 16.3. The zero-order chi connectivity index (χ0) is 47.2. The van der Waals surface area contributed by atoms with E-state index in [1.54, 1.807) is 0 Å². The van der Waals surface area contributed by atoms with Crippen LogP contribution in [0.3, 0.4) is 0 Å². The van der Waals surface area contributed by atoms with E-state index in [1.165, 1.54) is 116 Å². The number of aryl methyl sites for hydroxylation is 8. The monoisotopic (exact) mass is 890 g/mol. The van der Waals surface area contributed by atoms with Crippen molar-refractivity contribution in [2.45, 2.75) is 55.4 Å². The average molecular weight is 891 g/mol. The van der Waals surface area contributed by atoms with Crippen molar-refractivity contribution in [1.29, 1.82) is 0 Å². The number of furan rings is 1. The van der Waals surface area contributed by atoms with Crippen LogP contribution in [0.4, 0.5) is 34.1 Å². The quantitative estimate of drug-likeness (QED) is 0.159. The first-order chi connectivity index (χ1) is 33.5. The molecule has 3 nitrogen and oxygen atoms in total. The van der Waals surface area contributed by atoms with Gasteiger partial charge in [-0.15, -0.1) is 0 Å². The molecule has 0 radical (unpaired) electrons. The molecule has 0 saturated carbocycles. The summed E-state index contributed by atoms with van der Waals surface area (Å²) in [5.74, 6) is 0. The Hall–Kier alpha value is -8.14. The summed E-state index contributed by atoms with van der Waals surface area (Å²) in [5.41, 5.74) is 21.0. The molecule has 69 heavy (non-hydrogen) atoms. The van der Waals surface area contributed by atoms with Gasteiger partial charge in [0.1, 0.15) is 11.2 Å². The average Bonchev–Trinajstić information content (AvgIpc) is 3.70. The topological polar surface area (TPSA) is 19.6 Å². The SMILES string of the molecule is Cc1cc(C)c(N(c2ccc3ccccc3c2)c2cc(C)c(-c3cc4c(cc3C)oc3cc(N(c5ccc6ccccc6c5)c5c(C)cc(C)cc5C)c5ccccc5c34)c3ccccc23)c(C)c1. The van der Waals surface area contributed by atoms with Crippen LogP contribution >= 0.6 is 0 Å². The van der Waals surface area contributed by atoms with Crippen LogP contribution in [0.1, 0.15) is 44.5 Å². The predicted molar refractivity (Wildman–Crippen MR) is 296 cm³/mol. The van der Waals surface area contributed by atoms with Crippen LogP contribution in [0.25, 0.3) is 76.2 Å². The zero-order valence-electron chi connectivity index (χ0n) is 40.6. The van der Waals surface area contributed by atoms with E-state index in [2.05, 4.69) is 247 Å². The summed E-state index contributed by atoms with van der Waals surface area (Å²) >= 11 is 0. The number of benzene rings is 11. The molecule has 11 aromatic carbocycles. The van der Waals surface area contributed by atoms with Crippen LogP contribution in [0.2, 0.25) is 0 Å². The van der Waals surface area contributed by atoms with E-state index in [1.807, 2.05) is 0 Å². The fourth-order valence-electron chi connectivity index (χ4n) is 11.7. The predicted octanol–water partition coefficient (Wildman–Crippen LogP) is 19.3. The summed E-state index contributed by atoms with van der Waals surface area (Å²) in [4.78, 5) is 4.96. The van der Waals surface area contributed by atoms with Gasteiger partial charge in [-0.1, -0.05) is 145 Å². The molecule has 3 heteroatoms. The second-order valence-corrected chi connectivity index (χ2v) is 19.4. The molecular formula is C66H54N2O. The van der Waals surface area contributed by atoms with Crippen LogP contribution in [0.5, 0.6) is 0 Å². The molecule has 0 unspecified atom stereocenters. The van der Waals surface area contributed by atoms with Gasteiger partial charge < -0.3 is 14.2 Å². The van der Waals surface area contributed by atoms with Gasteiger partial charge in [0.25, 0.3) is 0 Å². The molecule has 0 aliphatic rings. The summed E-state index contributed by atoms with van der Waals surface area (Å²) in [5, 5.41) is 11.9. The molecule has 334 valence electrons. The van der Waals surface area contributed by atoms with E-state index >= 15 is 0 Å². The third kappa shape index (κ3) is 6.95. The van der Waals surface area contributed by atoms with Crippen molar-refractivity contribution in [3.05, 3.63) is 226 Å². The Morgan fingerprint density at radius 2 is 0.768 bits per heavy atom. The van der Waals surface area contributed by atoms with Gasteiger partial charge >= 0.3 is 0 Å². The molecule has 12 rings (SSSR count). The van der Waals surface area contributed by atoms with Gasteiger partial charge in [0, 0.05) is 39.0 Å². The zero-order valence-corrected chi connectivity index (χ0v) is 40.6. The Balaban J connectivity index is 1.08. The highest BCUT2D eigenvalue weighted by molar-refractivity contribution is 6.23. The number of hydrogen-bond acceptors (Lipinski definition) is 3. The van der Waals surface area contributed by atoms with Crippen LogP contribution < -0.4 is 9.80 Å². The molecule has 12 aromatic rings. The first-order valence-electron chi connectivity index (χ1n) is 24.2. The second kappa shape index (κ2) is 16.3. The van der Waals surface area contributed by atoms with Crippen LogP contribution in [0.15, 0.2) is 186 Å². The molecule has 0 bridgehead atoms. The highest BCUT2D eigenvalue weighted by Gasteiger charge is 2.26. The molecule has 0 atom stereocenters. The summed E-state index contributed by atoms with van der Waals surface area (Å²) < 4.78 is 7.04. The number of hydrogen-bond donors (Lipinski definition) is 0. The first-order valence-corrected chi connectivity index (χ1v) is 24.2. The lowest BCUT2D eigenvalue weighted by molar-refractivity contribution is 0.669. The molecular weight excluding hydrogens is 837 g/mol. The summed E-state index contributed by atoms with van der Waals surface area (Å²) in [7, 11) is 0. The van der Waals surface area contributed by atoms with E-state index in [4.69, 9.17) is 4.42 Å². The van der Waals surface area contributed by atoms with Gasteiger partial charge in [-0.3, -0.25) is 0 Å². The van der Waals surface area contributed by atoms with Crippen LogP contribution in [-0.2, 0) is 0 Å². The third-order valence-electron chi connectivity index (χ3n) is 14.5. The smallest absolute Gasteiger partial charge is 0.138 e. The molecule has 0 fully saturated rings. The molecule has 0 saturated heterocycles. The standard InChI is InChI=1S/C66H54N2O/c1-39-29-43(5)65(44(6)30-39)67(51-27-25-47-17-9-11-19-49(47)35-51)59-33-42(4)63(55-23-15-13-21-53(55)59)57-37-58-61(34-41(57)3)69-62-38-60(54-22-14-16-24-56(54)64(58)62)68(66-45(7)31-40(2)32-46(66)8)52-28-26-48-18-10-12-20-50(48)36-52/h9-38H,1-8H3. The number of nitrogens with zero attached hydrogens (tertiary/aromatic N) is 2. The van der Waals surface area contributed by atoms with Crippen molar-refractivity contribution >= 4 is 99.2 Å². The lowest BCUT2D eigenvalue weighted by Gasteiger charge is -2.31. The third-order valence-corrected chi connectivity index (χ3v) is 14.5. The van der Waals surface area contributed by atoms with Crippen LogP contribution in [-0.4, -0.2) is 0 Å². The van der Waals surface area contributed by atoms with Crippen molar-refractivity contribution in [3.63, 3.8) is 0 Å². The second-order valence-electron chi connectivity index (χ2n) is 19.4.